The summed E-state index contributed by atoms with van der Waals surface area (Å²) in [6, 6.07) is 0.288. The van der Waals surface area contributed by atoms with E-state index in [4.69, 9.17) is 5.73 Å². The van der Waals surface area contributed by atoms with Gasteiger partial charge in [-0.3, -0.25) is 0 Å². The number of nitrogens with two attached hydrogens (primary N) is 1. The van der Waals surface area contributed by atoms with Crippen molar-refractivity contribution < 1.29 is 0 Å². The van der Waals surface area contributed by atoms with Crippen LogP contribution in [0.25, 0.3) is 0 Å². The smallest absolute Gasteiger partial charge is 0.0136 e. The van der Waals surface area contributed by atoms with Gasteiger partial charge in [-0.2, -0.15) is 0 Å². The fourth-order valence-electron chi connectivity index (χ4n) is 3.13. The molecule has 1 unspecified atom stereocenters. The quantitative estimate of drug-likeness (QED) is 0.160. The molecule has 0 saturated carbocycles. The largest absolute Gasteiger partial charge is 0.344 e. The molecule has 0 radical (unpaired) electrons. The predicted molar refractivity (Wildman–Crippen MR) is 131 cm³/mol. The van der Waals surface area contributed by atoms with E-state index in [1.54, 1.807) is 0 Å². The van der Waals surface area contributed by atoms with E-state index in [1.165, 1.54) is 103 Å². The topological polar surface area (TPSA) is 108 Å². The molecule has 6 heteroatoms. The summed E-state index contributed by atoms with van der Waals surface area (Å²) < 4.78 is 0. The van der Waals surface area contributed by atoms with Gasteiger partial charge in [0.15, 0.2) is 0 Å². The van der Waals surface area contributed by atoms with Gasteiger partial charge in [0.1, 0.15) is 0 Å². The van der Waals surface area contributed by atoms with Crippen molar-refractivity contribution in [2.24, 2.45) is 5.73 Å². The molecule has 27 heavy (non-hydrogen) atoms. The molecule has 0 saturated heterocycles. The number of rotatable bonds is 19. The van der Waals surface area contributed by atoms with Crippen molar-refractivity contribution in [2.45, 2.75) is 123 Å². The summed E-state index contributed by atoms with van der Waals surface area (Å²) >= 11 is 0. The Morgan fingerprint density at radius 3 is 1.19 bits per heavy atom. The van der Waals surface area contributed by atoms with Crippen molar-refractivity contribution in [1.29, 1.82) is 0 Å². The maximum atomic E-state index is 5.70. The van der Waals surface area contributed by atoms with Gasteiger partial charge >= 0.3 is 0 Å². The maximum Gasteiger partial charge on any atom is 0.0136 e. The van der Waals surface area contributed by atoms with Crippen molar-refractivity contribution >= 4 is 24.8 Å². The fraction of sp³-hybridized carbons (Fsp3) is 1.00. The van der Waals surface area contributed by atoms with Crippen LogP contribution in [0.5, 0.6) is 0 Å². The zero-order valence-electron chi connectivity index (χ0n) is 18.6. The van der Waals surface area contributed by atoms with Gasteiger partial charge in [-0.1, -0.05) is 103 Å². The lowest BCUT2D eigenvalue weighted by Crippen LogP contribution is -2.31. The molecule has 0 rings (SSSR count). The number of halogens is 2. The normalized spacial score (nSPS) is 10.8. The Labute approximate surface area is 184 Å². The van der Waals surface area contributed by atoms with Gasteiger partial charge < -0.3 is 23.4 Å². The molecule has 0 heterocycles. The molecule has 9 N–H and O–H groups in total. The zero-order chi connectivity index (χ0) is 17.0. The van der Waals surface area contributed by atoms with Gasteiger partial charge in [0.2, 0.25) is 0 Å². The Hall–Kier alpha value is 0.420. The SMILES string of the molecule is CCCCCCCCCCCCCCCCCCNCC(C)N.Cl.Cl.N.N. The first-order valence-electron chi connectivity index (χ1n) is 10.7. The van der Waals surface area contributed by atoms with Crippen molar-refractivity contribution in [3.63, 3.8) is 0 Å². The molecular weight excluding hydrogens is 379 g/mol. The first-order valence-corrected chi connectivity index (χ1v) is 10.7. The van der Waals surface area contributed by atoms with Crippen molar-refractivity contribution in [1.82, 2.24) is 17.6 Å². The Morgan fingerprint density at radius 2 is 0.889 bits per heavy atom. The van der Waals surface area contributed by atoms with Gasteiger partial charge in [0, 0.05) is 12.6 Å². The van der Waals surface area contributed by atoms with Crippen LogP contribution in [-0.4, -0.2) is 19.1 Å². The van der Waals surface area contributed by atoms with E-state index in [0.29, 0.717) is 0 Å². The third-order valence-corrected chi connectivity index (χ3v) is 4.67. The highest BCUT2D eigenvalue weighted by Gasteiger charge is 1.95. The van der Waals surface area contributed by atoms with Crippen molar-refractivity contribution in [3.05, 3.63) is 0 Å². The van der Waals surface area contributed by atoms with E-state index in [9.17, 15) is 0 Å². The molecule has 1 atom stereocenters. The van der Waals surface area contributed by atoms with Gasteiger partial charge in [-0.05, 0) is 19.9 Å². The van der Waals surface area contributed by atoms with Crippen LogP contribution in [-0.2, 0) is 0 Å². The second kappa shape index (κ2) is 34.0. The van der Waals surface area contributed by atoms with Crippen LogP contribution in [0.1, 0.15) is 117 Å². The summed E-state index contributed by atoms with van der Waals surface area (Å²) in [4.78, 5) is 0. The lowest BCUT2D eigenvalue weighted by atomic mass is 10.0. The van der Waals surface area contributed by atoms with Crippen LogP contribution in [0, 0.1) is 0 Å². The summed E-state index contributed by atoms with van der Waals surface area (Å²) in [5.74, 6) is 0. The molecule has 0 aromatic heterocycles. The molecule has 4 nitrogen and oxygen atoms in total. The minimum atomic E-state index is 0. The Kier molecular flexibility index (Phi) is 47.9. The molecule has 0 aliphatic rings. The van der Waals surface area contributed by atoms with Crippen LogP contribution < -0.4 is 23.4 Å². The van der Waals surface area contributed by atoms with Gasteiger partial charge in [-0.25, -0.2) is 0 Å². The first kappa shape index (κ1) is 38.1. The third-order valence-electron chi connectivity index (χ3n) is 4.67. The van der Waals surface area contributed by atoms with Gasteiger partial charge in [0.25, 0.3) is 0 Å². The third kappa shape index (κ3) is 37.8. The minimum Gasteiger partial charge on any atom is -0.344 e. The second-order valence-corrected chi connectivity index (χ2v) is 7.48. The predicted octanol–water partition coefficient (Wildman–Crippen LogP) is 7.35. The highest BCUT2D eigenvalue weighted by Crippen LogP contribution is 2.13. The molecule has 0 aliphatic carbocycles. The van der Waals surface area contributed by atoms with Crippen molar-refractivity contribution in [2.75, 3.05) is 13.1 Å². The zero-order valence-corrected chi connectivity index (χ0v) is 20.2. The molecule has 0 amide bonds. The summed E-state index contributed by atoms with van der Waals surface area (Å²) in [7, 11) is 0. The molecule has 0 aliphatic heterocycles. The second-order valence-electron chi connectivity index (χ2n) is 7.48. The van der Waals surface area contributed by atoms with Gasteiger partial charge in [-0.15, -0.1) is 24.8 Å². The van der Waals surface area contributed by atoms with Crippen LogP contribution >= 0.6 is 24.8 Å². The standard InChI is InChI=1S/C21H46N2.2ClH.2H3N/c1-3-4-5-6-7-8-9-10-11-12-13-14-15-16-17-18-19-23-20-21(2)22;;;;/h21,23H,3-20,22H2,1-2H3;2*1H;2*1H3. The molecule has 172 valence electrons. The maximum absolute atomic E-state index is 5.70. The lowest BCUT2D eigenvalue weighted by molar-refractivity contribution is 0.522. The molecule has 0 aromatic rings. The summed E-state index contributed by atoms with van der Waals surface area (Å²) in [5, 5.41) is 3.41. The lowest BCUT2D eigenvalue weighted by Gasteiger charge is -2.07. The monoisotopic (exact) mass is 432 g/mol. The van der Waals surface area contributed by atoms with E-state index in [2.05, 4.69) is 19.2 Å². The summed E-state index contributed by atoms with van der Waals surface area (Å²) in [6.45, 7) is 6.44. The number of nitrogens with one attached hydrogen (secondary N) is 1. The number of hydrogen-bond acceptors (Lipinski definition) is 4. The van der Waals surface area contributed by atoms with E-state index >= 15 is 0 Å². The van der Waals surface area contributed by atoms with Crippen LogP contribution in [0.15, 0.2) is 0 Å². The summed E-state index contributed by atoms with van der Waals surface area (Å²) in [5.41, 5.74) is 5.70. The molecule has 0 spiro atoms. The van der Waals surface area contributed by atoms with Gasteiger partial charge in [0.05, 0.1) is 0 Å². The number of unbranched alkanes of at least 4 members (excludes halogenated alkanes) is 15. The molecule has 0 aromatic carbocycles. The van der Waals surface area contributed by atoms with Crippen LogP contribution in [0.2, 0.25) is 0 Å². The first-order chi connectivity index (χ1) is 11.3. The average Bonchev–Trinajstić information content (AvgIpc) is 2.53. The van der Waals surface area contributed by atoms with E-state index in [-0.39, 0.29) is 43.2 Å². The number of hydrogen-bond donors (Lipinski definition) is 4. The minimum absolute atomic E-state index is 0. The van der Waals surface area contributed by atoms with E-state index in [0.717, 1.165) is 13.1 Å². The Balaban J connectivity index is -0.000000403. The molecule has 0 fully saturated rings. The molecular formula is C21H54Cl2N4. The average molecular weight is 434 g/mol. The Morgan fingerprint density at radius 1 is 0.593 bits per heavy atom. The van der Waals surface area contributed by atoms with Crippen LogP contribution in [0.4, 0.5) is 0 Å². The van der Waals surface area contributed by atoms with Crippen LogP contribution in [0.3, 0.4) is 0 Å². The Bertz CT molecular complexity index is 220. The highest BCUT2D eigenvalue weighted by atomic mass is 35.5. The molecule has 0 bridgehead atoms. The highest BCUT2D eigenvalue weighted by molar-refractivity contribution is 5.85. The fourth-order valence-corrected chi connectivity index (χ4v) is 3.13. The van der Waals surface area contributed by atoms with Crippen molar-refractivity contribution in [3.8, 4) is 0 Å². The summed E-state index contributed by atoms with van der Waals surface area (Å²) in [6.07, 6.45) is 23.0. The van der Waals surface area contributed by atoms with E-state index in [1.807, 2.05) is 0 Å². The van der Waals surface area contributed by atoms with E-state index < -0.39 is 0 Å².